The van der Waals surface area contributed by atoms with Gasteiger partial charge in [0.25, 0.3) is 0 Å². The lowest BCUT2D eigenvalue weighted by molar-refractivity contribution is 1.02. The van der Waals surface area contributed by atoms with E-state index in [0.717, 1.165) is 5.69 Å². The number of aryl methyl sites for hydroxylation is 1. The molecule has 1 heterocycles. The Morgan fingerprint density at radius 3 is 2.67 bits per heavy atom. The van der Waals surface area contributed by atoms with Gasteiger partial charge in [0, 0.05) is 5.69 Å². The van der Waals surface area contributed by atoms with Crippen LogP contribution in [0.15, 0.2) is 10.9 Å². The summed E-state index contributed by atoms with van der Waals surface area (Å²) < 4.78 is 0.469. The highest BCUT2D eigenvalue weighted by molar-refractivity contribution is 7.71. The fourth-order valence-corrected chi connectivity index (χ4v) is 0.861. The fourth-order valence-electron chi connectivity index (χ4n) is 0.591. The van der Waals surface area contributed by atoms with Gasteiger partial charge in [0.15, 0.2) is 0 Å². The van der Waals surface area contributed by atoms with Crippen molar-refractivity contribution in [2.24, 2.45) is 0 Å². The van der Waals surface area contributed by atoms with Crippen LogP contribution >= 0.6 is 12.2 Å². The molecule has 0 bridgehead atoms. The molecule has 3 nitrogen and oxygen atoms in total. The first kappa shape index (κ1) is 6.22. The first-order chi connectivity index (χ1) is 4.18. The fraction of sp³-hybridized carbons (Fsp3) is 0.200. The van der Waals surface area contributed by atoms with E-state index in [4.69, 9.17) is 12.2 Å². The lowest BCUT2D eigenvalue weighted by Crippen LogP contribution is -2.10. The topological polar surface area (TPSA) is 48.6 Å². The number of aromatic amines is 2. The second-order valence-corrected chi connectivity index (χ2v) is 2.21. The minimum atomic E-state index is -0.250. The normalized spacial score (nSPS) is 9.44. The Kier molecular flexibility index (Phi) is 1.48. The molecule has 0 saturated heterocycles. The Bertz CT molecular complexity index is 283. The molecule has 0 saturated carbocycles. The van der Waals surface area contributed by atoms with Crippen molar-refractivity contribution in [2.45, 2.75) is 6.92 Å². The maximum Gasteiger partial charge on any atom is 0.324 e. The second kappa shape index (κ2) is 2.14. The summed E-state index contributed by atoms with van der Waals surface area (Å²) in [6, 6.07) is 1.69. The van der Waals surface area contributed by atoms with Gasteiger partial charge in [-0.05, 0) is 13.0 Å². The third kappa shape index (κ3) is 1.50. The summed E-state index contributed by atoms with van der Waals surface area (Å²) in [6.45, 7) is 1.78. The van der Waals surface area contributed by atoms with Crippen LogP contribution in [0.25, 0.3) is 0 Å². The smallest absolute Gasteiger partial charge is 0.312 e. The molecule has 4 heteroatoms. The largest absolute Gasteiger partial charge is 0.324 e. The number of nitrogens with one attached hydrogen (secondary N) is 2. The minimum absolute atomic E-state index is 0.250. The summed E-state index contributed by atoms with van der Waals surface area (Å²) in [4.78, 5) is 15.5. The Labute approximate surface area is 56.8 Å². The first-order valence-electron chi connectivity index (χ1n) is 2.49. The third-order valence-corrected chi connectivity index (χ3v) is 1.11. The van der Waals surface area contributed by atoms with Crippen molar-refractivity contribution in [1.29, 1.82) is 0 Å². The van der Waals surface area contributed by atoms with Crippen LogP contribution in [0, 0.1) is 11.6 Å². The molecule has 0 aromatic carbocycles. The Morgan fingerprint density at radius 2 is 2.22 bits per heavy atom. The molecule has 0 radical (unpaired) electrons. The quantitative estimate of drug-likeness (QED) is 0.525. The van der Waals surface area contributed by atoms with Gasteiger partial charge in [0.05, 0.1) is 0 Å². The molecule has 0 aliphatic rings. The lowest BCUT2D eigenvalue weighted by Gasteiger charge is -1.87. The van der Waals surface area contributed by atoms with Crippen LogP contribution < -0.4 is 5.69 Å². The highest BCUT2D eigenvalue weighted by atomic mass is 32.1. The standard InChI is InChI=1S/C5H6N2OS/c1-3-2-4(9)7-5(8)6-3/h2H,1H3,(H2,6,7,8,9). The van der Waals surface area contributed by atoms with Crippen molar-refractivity contribution in [3.63, 3.8) is 0 Å². The molecule has 0 amide bonds. The van der Waals surface area contributed by atoms with Crippen LogP contribution in [0.4, 0.5) is 0 Å². The molecule has 0 spiro atoms. The summed E-state index contributed by atoms with van der Waals surface area (Å²) in [5.41, 5.74) is 0.531. The van der Waals surface area contributed by atoms with Crippen molar-refractivity contribution in [3.8, 4) is 0 Å². The number of hydrogen-bond acceptors (Lipinski definition) is 2. The zero-order chi connectivity index (χ0) is 6.85. The van der Waals surface area contributed by atoms with E-state index in [1.54, 1.807) is 13.0 Å². The van der Waals surface area contributed by atoms with Crippen LogP contribution in [0.1, 0.15) is 5.69 Å². The van der Waals surface area contributed by atoms with Gasteiger partial charge in [-0.3, -0.25) is 4.98 Å². The highest BCUT2D eigenvalue weighted by Crippen LogP contribution is 1.84. The van der Waals surface area contributed by atoms with Crippen LogP contribution in [0.2, 0.25) is 0 Å². The SMILES string of the molecule is Cc1cc(=S)[nH]c(=O)[nH]1. The van der Waals surface area contributed by atoms with Crippen molar-refractivity contribution in [1.82, 2.24) is 9.97 Å². The molecular weight excluding hydrogens is 136 g/mol. The van der Waals surface area contributed by atoms with E-state index in [1.807, 2.05) is 0 Å². The maximum atomic E-state index is 10.5. The highest BCUT2D eigenvalue weighted by Gasteiger charge is 1.83. The predicted molar refractivity (Wildman–Crippen MR) is 37.0 cm³/mol. The lowest BCUT2D eigenvalue weighted by atomic mass is 10.5. The molecule has 0 aliphatic carbocycles. The number of aromatic nitrogens is 2. The molecule has 0 aliphatic heterocycles. The maximum absolute atomic E-state index is 10.5. The van der Waals surface area contributed by atoms with Gasteiger partial charge in [-0.25, -0.2) is 4.79 Å². The van der Waals surface area contributed by atoms with Crippen molar-refractivity contribution in [3.05, 3.63) is 26.9 Å². The van der Waals surface area contributed by atoms with Crippen LogP contribution in [0.3, 0.4) is 0 Å². The van der Waals surface area contributed by atoms with Gasteiger partial charge >= 0.3 is 5.69 Å². The van der Waals surface area contributed by atoms with Crippen molar-refractivity contribution < 1.29 is 0 Å². The van der Waals surface area contributed by atoms with Gasteiger partial charge in [0.2, 0.25) is 0 Å². The molecule has 1 aromatic heterocycles. The van der Waals surface area contributed by atoms with E-state index in [1.165, 1.54) is 0 Å². The van der Waals surface area contributed by atoms with Gasteiger partial charge < -0.3 is 4.98 Å². The van der Waals surface area contributed by atoms with E-state index < -0.39 is 0 Å². The molecule has 0 fully saturated rings. The Morgan fingerprint density at radius 1 is 1.56 bits per heavy atom. The third-order valence-electron chi connectivity index (χ3n) is 0.895. The second-order valence-electron chi connectivity index (χ2n) is 1.77. The molecule has 1 rings (SSSR count). The van der Waals surface area contributed by atoms with E-state index in [0.29, 0.717) is 4.64 Å². The molecular formula is C5H6N2OS. The number of hydrogen-bond donors (Lipinski definition) is 2. The van der Waals surface area contributed by atoms with Gasteiger partial charge in [-0.2, -0.15) is 0 Å². The monoisotopic (exact) mass is 142 g/mol. The molecule has 0 atom stereocenters. The summed E-state index contributed by atoms with van der Waals surface area (Å²) in [5.74, 6) is 0. The van der Waals surface area contributed by atoms with Gasteiger partial charge in [-0.1, -0.05) is 12.2 Å². The summed E-state index contributed by atoms with van der Waals surface area (Å²) in [5, 5.41) is 0. The Balaban J connectivity index is 3.52. The zero-order valence-electron chi connectivity index (χ0n) is 4.89. The molecule has 2 N–H and O–H groups in total. The van der Waals surface area contributed by atoms with Crippen LogP contribution in [-0.4, -0.2) is 9.97 Å². The molecule has 0 unspecified atom stereocenters. The van der Waals surface area contributed by atoms with E-state index in [9.17, 15) is 4.79 Å². The van der Waals surface area contributed by atoms with Crippen LogP contribution in [0.5, 0.6) is 0 Å². The van der Waals surface area contributed by atoms with E-state index in [2.05, 4.69) is 9.97 Å². The first-order valence-corrected chi connectivity index (χ1v) is 2.89. The Hall–Kier alpha value is -0.900. The van der Waals surface area contributed by atoms with Gasteiger partial charge in [-0.15, -0.1) is 0 Å². The summed E-state index contributed by atoms with van der Waals surface area (Å²) in [6.07, 6.45) is 0. The van der Waals surface area contributed by atoms with E-state index in [-0.39, 0.29) is 5.69 Å². The average Bonchev–Trinajstić information content (AvgIpc) is 1.59. The van der Waals surface area contributed by atoms with Crippen molar-refractivity contribution in [2.75, 3.05) is 0 Å². The number of rotatable bonds is 0. The zero-order valence-corrected chi connectivity index (χ0v) is 5.71. The molecule has 9 heavy (non-hydrogen) atoms. The minimum Gasteiger partial charge on any atom is -0.312 e. The molecule has 1 aromatic rings. The van der Waals surface area contributed by atoms with E-state index >= 15 is 0 Å². The van der Waals surface area contributed by atoms with Crippen LogP contribution in [-0.2, 0) is 0 Å². The molecule has 48 valence electrons. The summed E-state index contributed by atoms with van der Waals surface area (Å²) in [7, 11) is 0. The van der Waals surface area contributed by atoms with Gasteiger partial charge in [0.1, 0.15) is 4.64 Å². The summed E-state index contributed by atoms with van der Waals surface area (Å²) >= 11 is 4.71. The average molecular weight is 142 g/mol. The van der Waals surface area contributed by atoms with Crippen molar-refractivity contribution >= 4 is 12.2 Å². The number of H-pyrrole nitrogens is 2. The predicted octanol–water partition coefficient (Wildman–Crippen LogP) is 0.741.